The van der Waals surface area contributed by atoms with Crippen LogP contribution in [0.1, 0.15) is 15.9 Å². The van der Waals surface area contributed by atoms with Gasteiger partial charge in [0.1, 0.15) is 0 Å². The van der Waals surface area contributed by atoms with Gasteiger partial charge in [0.25, 0.3) is 5.91 Å². The zero-order valence-electron chi connectivity index (χ0n) is 9.41. The van der Waals surface area contributed by atoms with Crippen LogP contribution in [0.25, 0.3) is 5.52 Å². The van der Waals surface area contributed by atoms with E-state index >= 15 is 0 Å². The minimum Gasteiger partial charge on any atom is -0.348 e. The summed E-state index contributed by atoms with van der Waals surface area (Å²) in [5.41, 5.74) is 2.63. The number of hydrogen-bond donors (Lipinski definition) is 1. The molecule has 1 amide bonds. The van der Waals surface area contributed by atoms with Gasteiger partial charge in [0.2, 0.25) is 0 Å². The Hall–Kier alpha value is -2.21. The second-order valence-corrected chi connectivity index (χ2v) is 4.45. The van der Waals surface area contributed by atoms with Crippen molar-refractivity contribution in [3.05, 3.63) is 53.3 Å². The van der Waals surface area contributed by atoms with Gasteiger partial charge in [-0.2, -0.15) is 5.10 Å². The fourth-order valence-corrected chi connectivity index (χ4v) is 2.27. The quantitative estimate of drug-likeness (QED) is 0.778. The van der Waals surface area contributed by atoms with Crippen molar-refractivity contribution < 1.29 is 4.79 Å². The maximum Gasteiger partial charge on any atom is 0.254 e. The Morgan fingerprint density at radius 3 is 3.22 bits per heavy atom. The Bertz CT molecular complexity index is 674. The molecule has 18 heavy (non-hydrogen) atoms. The lowest BCUT2D eigenvalue weighted by atomic mass is 10.2. The highest BCUT2D eigenvalue weighted by atomic mass is 32.1. The molecule has 0 aliphatic rings. The summed E-state index contributed by atoms with van der Waals surface area (Å²) in [5.74, 6) is -0.106. The molecule has 6 heteroatoms. The summed E-state index contributed by atoms with van der Waals surface area (Å²) in [5, 5.41) is 8.75. The van der Waals surface area contributed by atoms with Crippen molar-refractivity contribution in [2.75, 3.05) is 0 Å². The van der Waals surface area contributed by atoms with Gasteiger partial charge in [0, 0.05) is 24.3 Å². The molecule has 0 bridgehead atoms. The van der Waals surface area contributed by atoms with Crippen LogP contribution in [0.5, 0.6) is 0 Å². The molecular weight excluding hydrogens is 248 g/mol. The molecule has 90 valence electrons. The van der Waals surface area contributed by atoms with Crippen LogP contribution < -0.4 is 5.32 Å². The lowest BCUT2D eigenvalue weighted by molar-refractivity contribution is 0.0951. The summed E-state index contributed by atoms with van der Waals surface area (Å²) < 4.78 is 5.69. The monoisotopic (exact) mass is 258 g/mol. The molecule has 0 spiro atoms. The average molecular weight is 258 g/mol. The van der Waals surface area contributed by atoms with E-state index in [9.17, 15) is 4.79 Å². The van der Waals surface area contributed by atoms with E-state index in [4.69, 9.17) is 0 Å². The van der Waals surface area contributed by atoms with Gasteiger partial charge in [0.05, 0.1) is 17.3 Å². The molecule has 5 nitrogen and oxygen atoms in total. The predicted molar refractivity (Wildman–Crippen MR) is 68.5 cm³/mol. The van der Waals surface area contributed by atoms with Gasteiger partial charge < -0.3 is 5.32 Å². The summed E-state index contributed by atoms with van der Waals surface area (Å²) in [4.78, 5) is 11.8. The third-order valence-corrected chi connectivity index (χ3v) is 3.24. The summed E-state index contributed by atoms with van der Waals surface area (Å²) in [6.07, 6.45) is 5.19. The second-order valence-electron chi connectivity index (χ2n) is 3.79. The van der Waals surface area contributed by atoms with Crippen molar-refractivity contribution >= 4 is 23.0 Å². The van der Waals surface area contributed by atoms with Crippen LogP contribution in [-0.2, 0) is 6.54 Å². The fourth-order valence-electron chi connectivity index (χ4n) is 1.76. The Morgan fingerprint density at radius 2 is 2.39 bits per heavy atom. The highest BCUT2D eigenvalue weighted by Gasteiger charge is 2.07. The molecule has 0 aliphatic heterocycles. The molecule has 1 N–H and O–H groups in total. The molecule has 0 atom stereocenters. The van der Waals surface area contributed by atoms with E-state index in [1.807, 2.05) is 24.4 Å². The van der Waals surface area contributed by atoms with Crippen LogP contribution in [0.3, 0.4) is 0 Å². The fraction of sp³-hybridized carbons (Fsp3) is 0.0833. The smallest absolute Gasteiger partial charge is 0.254 e. The summed E-state index contributed by atoms with van der Waals surface area (Å²) >= 11 is 1.27. The Balaban J connectivity index is 1.77. The van der Waals surface area contributed by atoms with E-state index in [0.717, 1.165) is 11.1 Å². The second kappa shape index (κ2) is 4.58. The van der Waals surface area contributed by atoms with E-state index in [2.05, 4.69) is 14.8 Å². The normalized spacial score (nSPS) is 10.7. The number of hydrogen-bond acceptors (Lipinski definition) is 4. The molecule has 0 aromatic carbocycles. The zero-order valence-corrected chi connectivity index (χ0v) is 10.2. The summed E-state index contributed by atoms with van der Waals surface area (Å²) in [7, 11) is 0. The predicted octanol–water partition coefficient (Wildman–Crippen LogP) is 1.72. The number of aromatic nitrogens is 3. The first-order chi connectivity index (χ1) is 8.84. The van der Waals surface area contributed by atoms with Crippen molar-refractivity contribution in [1.29, 1.82) is 0 Å². The molecular formula is C12H10N4OS. The summed E-state index contributed by atoms with van der Waals surface area (Å²) in [6.45, 7) is 0.477. The van der Waals surface area contributed by atoms with Gasteiger partial charge in [-0.1, -0.05) is 6.07 Å². The maximum absolute atomic E-state index is 11.8. The standard InChI is InChI=1S/C12H10N4OS/c17-12(10-7-15-18-8-10)13-6-9-2-1-5-16-11(9)3-4-14-16/h1-5,7-8H,6H2,(H,13,17). The van der Waals surface area contributed by atoms with Crippen LogP contribution in [0, 0.1) is 0 Å². The number of carbonyl (C=O) groups is 1. The molecule has 0 radical (unpaired) electrons. The Kier molecular flexibility index (Phi) is 2.77. The zero-order chi connectivity index (χ0) is 12.4. The van der Waals surface area contributed by atoms with Crippen molar-refractivity contribution in [2.24, 2.45) is 0 Å². The third kappa shape index (κ3) is 1.98. The molecule has 3 aromatic heterocycles. The minimum atomic E-state index is -0.106. The van der Waals surface area contributed by atoms with Crippen LogP contribution in [0.15, 0.2) is 42.2 Å². The van der Waals surface area contributed by atoms with Crippen molar-refractivity contribution in [1.82, 2.24) is 19.3 Å². The van der Waals surface area contributed by atoms with Gasteiger partial charge in [-0.3, -0.25) is 4.79 Å². The van der Waals surface area contributed by atoms with Crippen molar-refractivity contribution in [2.45, 2.75) is 6.54 Å². The van der Waals surface area contributed by atoms with Crippen molar-refractivity contribution in [3.8, 4) is 0 Å². The van der Waals surface area contributed by atoms with Gasteiger partial charge in [-0.25, -0.2) is 8.89 Å². The van der Waals surface area contributed by atoms with Crippen molar-refractivity contribution in [3.63, 3.8) is 0 Å². The SMILES string of the molecule is O=C(NCc1cccn2nccc12)c1cnsc1. The highest BCUT2D eigenvalue weighted by molar-refractivity contribution is 7.03. The number of carbonyl (C=O) groups excluding carboxylic acids is 1. The molecule has 0 unspecified atom stereocenters. The Morgan fingerprint density at radius 1 is 1.44 bits per heavy atom. The van der Waals surface area contributed by atoms with Crippen LogP contribution in [-0.4, -0.2) is 19.9 Å². The molecule has 0 saturated carbocycles. The van der Waals surface area contributed by atoms with Crippen LogP contribution in [0.2, 0.25) is 0 Å². The largest absolute Gasteiger partial charge is 0.348 e. The summed E-state index contributed by atoms with van der Waals surface area (Å²) in [6, 6.07) is 5.81. The van der Waals surface area contributed by atoms with E-state index in [1.54, 1.807) is 22.3 Å². The molecule has 3 heterocycles. The number of pyridine rings is 1. The number of rotatable bonds is 3. The molecule has 3 aromatic rings. The number of fused-ring (bicyclic) bond motifs is 1. The first-order valence-electron chi connectivity index (χ1n) is 5.43. The van der Waals surface area contributed by atoms with Gasteiger partial charge in [-0.05, 0) is 29.2 Å². The van der Waals surface area contributed by atoms with Gasteiger partial charge in [-0.15, -0.1) is 0 Å². The third-order valence-electron chi connectivity index (χ3n) is 2.66. The van der Waals surface area contributed by atoms with Gasteiger partial charge >= 0.3 is 0 Å². The lowest BCUT2D eigenvalue weighted by Gasteiger charge is -2.05. The molecule has 3 rings (SSSR count). The maximum atomic E-state index is 11.8. The number of nitrogens with zero attached hydrogens (tertiary/aromatic N) is 3. The lowest BCUT2D eigenvalue weighted by Crippen LogP contribution is -2.22. The minimum absolute atomic E-state index is 0.106. The Labute approximate surface area is 107 Å². The van der Waals surface area contributed by atoms with Crippen LogP contribution in [0.4, 0.5) is 0 Å². The topological polar surface area (TPSA) is 59.3 Å². The average Bonchev–Trinajstić information content (AvgIpc) is 3.05. The van der Waals surface area contributed by atoms with E-state index < -0.39 is 0 Å². The molecule has 0 saturated heterocycles. The number of amides is 1. The molecule has 0 aliphatic carbocycles. The first kappa shape index (κ1) is 10.9. The molecule has 0 fully saturated rings. The van der Waals surface area contributed by atoms with Gasteiger partial charge in [0.15, 0.2) is 0 Å². The first-order valence-corrected chi connectivity index (χ1v) is 6.27. The van der Waals surface area contributed by atoms with E-state index in [0.29, 0.717) is 12.1 Å². The van der Waals surface area contributed by atoms with E-state index in [-0.39, 0.29) is 5.91 Å². The number of nitrogens with one attached hydrogen (secondary N) is 1. The highest BCUT2D eigenvalue weighted by Crippen LogP contribution is 2.10. The van der Waals surface area contributed by atoms with Crippen LogP contribution >= 0.6 is 11.5 Å². The van der Waals surface area contributed by atoms with E-state index in [1.165, 1.54) is 11.5 Å².